The molecule has 0 radical (unpaired) electrons. The normalized spacial score (nSPS) is 12.1. The number of benzene rings is 1. The van der Waals surface area contributed by atoms with Crippen molar-refractivity contribution < 1.29 is 0 Å². The highest BCUT2D eigenvalue weighted by molar-refractivity contribution is 5.58. The van der Waals surface area contributed by atoms with Gasteiger partial charge in [0.15, 0.2) is 0 Å². The summed E-state index contributed by atoms with van der Waals surface area (Å²) >= 11 is 0. The van der Waals surface area contributed by atoms with Gasteiger partial charge in [-0.1, -0.05) is 25.1 Å². The lowest BCUT2D eigenvalue weighted by atomic mass is 10.2. The van der Waals surface area contributed by atoms with Crippen LogP contribution in [0, 0.1) is 6.92 Å². The van der Waals surface area contributed by atoms with Crippen molar-refractivity contribution in [1.82, 2.24) is 20.3 Å². The summed E-state index contributed by atoms with van der Waals surface area (Å²) in [6, 6.07) is 8.37. The van der Waals surface area contributed by atoms with Gasteiger partial charge in [-0.2, -0.15) is 15.0 Å². The maximum Gasteiger partial charge on any atom is 0.232 e. The molecule has 1 aromatic heterocycles. The molecule has 0 saturated carbocycles. The lowest BCUT2D eigenvalue weighted by Crippen LogP contribution is -2.26. The van der Waals surface area contributed by atoms with E-state index in [1.165, 1.54) is 0 Å². The van der Waals surface area contributed by atoms with Crippen molar-refractivity contribution in [3.63, 3.8) is 0 Å². The number of hydrogen-bond donors (Lipinski definition) is 3. The quantitative estimate of drug-likeness (QED) is 0.755. The second-order valence-electron chi connectivity index (χ2n) is 5.06. The molecule has 2 rings (SSSR count). The van der Waals surface area contributed by atoms with Crippen molar-refractivity contribution in [2.75, 3.05) is 11.1 Å². The summed E-state index contributed by atoms with van der Waals surface area (Å²) in [6.07, 6.45) is 1.05. The minimum Gasteiger partial charge on any atom is -0.368 e. The van der Waals surface area contributed by atoms with E-state index in [1.807, 2.05) is 31.2 Å². The minimum atomic E-state index is 0.224. The Morgan fingerprint density at radius 3 is 2.67 bits per heavy atom. The topological polar surface area (TPSA) is 88.8 Å². The first-order valence-electron chi connectivity index (χ1n) is 7.15. The van der Waals surface area contributed by atoms with Crippen LogP contribution in [0.1, 0.15) is 31.7 Å². The zero-order chi connectivity index (χ0) is 15.2. The SMILES string of the molecule is CC[C@@H](C)NCc1nc(N)nc(Nc2ccccc2C)n1. The van der Waals surface area contributed by atoms with Crippen molar-refractivity contribution in [2.45, 2.75) is 39.8 Å². The Hall–Kier alpha value is -2.21. The van der Waals surface area contributed by atoms with Crippen LogP contribution in [-0.4, -0.2) is 21.0 Å². The third-order valence-corrected chi connectivity index (χ3v) is 3.31. The van der Waals surface area contributed by atoms with Gasteiger partial charge in [0.1, 0.15) is 5.82 Å². The van der Waals surface area contributed by atoms with Gasteiger partial charge >= 0.3 is 0 Å². The molecule has 0 aliphatic heterocycles. The second-order valence-corrected chi connectivity index (χ2v) is 5.06. The Balaban J connectivity index is 2.13. The molecule has 0 bridgehead atoms. The van der Waals surface area contributed by atoms with Crippen molar-refractivity contribution in [1.29, 1.82) is 0 Å². The number of aromatic nitrogens is 3. The number of rotatable bonds is 6. The van der Waals surface area contributed by atoms with Crippen molar-refractivity contribution >= 4 is 17.6 Å². The van der Waals surface area contributed by atoms with Crippen molar-refractivity contribution in [3.8, 4) is 0 Å². The van der Waals surface area contributed by atoms with E-state index in [2.05, 4.69) is 39.4 Å². The molecular formula is C15H22N6. The van der Waals surface area contributed by atoms with E-state index in [0.717, 1.165) is 17.7 Å². The van der Waals surface area contributed by atoms with Gasteiger partial charge in [-0.25, -0.2) is 0 Å². The Labute approximate surface area is 125 Å². The molecule has 1 aromatic carbocycles. The van der Waals surface area contributed by atoms with Gasteiger partial charge in [-0.3, -0.25) is 0 Å². The van der Waals surface area contributed by atoms with E-state index in [4.69, 9.17) is 5.73 Å². The minimum absolute atomic E-state index is 0.224. The van der Waals surface area contributed by atoms with Gasteiger partial charge in [0.05, 0.1) is 6.54 Å². The monoisotopic (exact) mass is 286 g/mol. The van der Waals surface area contributed by atoms with Crippen LogP contribution >= 0.6 is 0 Å². The highest BCUT2D eigenvalue weighted by Crippen LogP contribution is 2.17. The molecule has 0 saturated heterocycles. The number of anilines is 3. The molecule has 21 heavy (non-hydrogen) atoms. The molecule has 6 heteroatoms. The molecule has 0 unspecified atom stereocenters. The van der Waals surface area contributed by atoms with E-state index in [-0.39, 0.29) is 5.95 Å². The fourth-order valence-electron chi connectivity index (χ4n) is 1.82. The van der Waals surface area contributed by atoms with Gasteiger partial charge in [0.25, 0.3) is 0 Å². The number of nitrogens with one attached hydrogen (secondary N) is 2. The number of nitrogen functional groups attached to an aromatic ring is 1. The summed E-state index contributed by atoms with van der Waals surface area (Å²) in [5.41, 5.74) is 7.84. The standard InChI is InChI=1S/C15H22N6/c1-4-11(3)17-9-13-19-14(16)21-15(20-13)18-12-8-6-5-7-10(12)2/h5-8,11,17H,4,9H2,1-3H3,(H3,16,18,19,20,21)/t11-/m1/s1. The van der Waals surface area contributed by atoms with E-state index < -0.39 is 0 Å². The van der Waals surface area contributed by atoms with Gasteiger partial charge < -0.3 is 16.4 Å². The van der Waals surface area contributed by atoms with Crippen LogP contribution in [0.25, 0.3) is 0 Å². The second kappa shape index (κ2) is 6.99. The maximum absolute atomic E-state index is 5.76. The van der Waals surface area contributed by atoms with Crippen LogP contribution in [0.3, 0.4) is 0 Å². The van der Waals surface area contributed by atoms with Crippen LogP contribution in [0.2, 0.25) is 0 Å². The average molecular weight is 286 g/mol. The first-order chi connectivity index (χ1) is 10.1. The third kappa shape index (κ3) is 4.39. The molecule has 0 fully saturated rings. The molecule has 0 aliphatic rings. The van der Waals surface area contributed by atoms with E-state index in [0.29, 0.717) is 24.4 Å². The predicted molar refractivity (Wildman–Crippen MR) is 85.3 cm³/mol. The summed E-state index contributed by atoms with van der Waals surface area (Å²) in [4.78, 5) is 12.7. The number of nitrogens with zero attached hydrogens (tertiary/aromatic N) is 3. The third-order valence-electron chi connectivity index (χ3n) is 3.31. The molecule has 0 aliphatic carbocycles. The summed E-state index contributed by atoms with van der Waals surface area (Å²) in [6.45, 7) is 6.85. The van der Waals surface area contributed by atoms with Crippen LogP contribution in [0.5, 0.6) is 0 Å². The van der Waals surface area contributed by atoms with Crippen LogP contribution in [-0.2, 0) is 6.54 Å². The Morgan fingerprint density at radius 2 is 1.95 bits per heavy atom. The summed E-state index contributed by atoms with van der Waals surface area (Å²) in [5.74, 6) is 1.33. The number of para-hydroxylation sites is 1. The van der Waals surface area contributed by atoms with Gasteiger partial charge in [-0.15, -0.1) is 0 Å². The highest BCUT2D eigenvalue weighted by Gasteiger charge is 2.07. The van der Waals surface area contributed by atoms with E-state index in [9.17, 15) is 0 Å². The highest BCUT2D eigenvalue weighted by atomic mass is 15.2. The largest absolute Gasteiger partial charge is 0.368 e. The first-order valence-corrected chi connectivity index (χ1v) is 7.15. The molecule has 1 heterocycles. The van der Waals surface area contributed by atoms with Crippen molar-refractivity contribution in [2.24, 2.45) is 0 Å². The first kappa shape index (κ1) is 15.2. The van der Waals surface area contributed by atoms with Crippen LogP contribution < -0.4 is 16.4 Å². The molecule has 1 atom stereocenters. The van der Waals surface area contributed by atoms with E-state index >= 15 is 0 Å². The number of nitrogens with two attached hydrogens (primary N) is 1. The molecule has 4 N–H and O–H groups in total. The molecule has 112 valence electrons. The van der Waals surface area contributed by atoms with Gasteiger partial charge in [0.2, 0.25) is 11.9 Å². The zero-order valence-electron chi connectivity index (χ0n) is 12.7. The molecule has 0 amide bonds. The fourth-order valence-corrected chi connectivity index (χ4v) is 1.82. The Morgan fingerprint density at radius 1 is 1.19 bits per heavy atom. The predicted octanol–water partition coefficient (Wildman–Crippen LogP) is 2.39. The van der Waals surface area contributed by atoms with Crippen LogP contribution in [0.15, 0.2) is 24.3 Å². The molecule has 6 nitrogen and oxygen atoms in total. The van der Waals surface area contributed by atoms with Crippen LogP contribution in [0.4, 0.5) is 17.6 Å². The zero-order valence-corrected chi connectivity index (χ0v) is 12.7. The lowest BCUT2D eigenvalue weighted by molar-refractivity contribution is 0.522. The van der Waals surface area contributed by atoms with Crippen molar-refractivity contribution in [3.05, 3.63) is 35.7 Å². The summed E-state index contributed by atoms with van der Waals surface area (Å²) in [7, 11) is 0. The molecular weight excluding hydrogens is 264 g/mol. The van der Waals surface area contributed by atoms with Gasteiger partial charge in [0, 0.05) is 11.7 Å². The Bertz CT molecular complexity index is 598. The number of hydrogen-bond acceptors (Lipinski definition) is 6. The average Bonchev–Trinajstić information content (AvgIpc) is 2.46. The summed E-state index contributed by atoms with van der Waals surface area (Å²) < 4.78 is 0. The Kier molecular flexibility index (Phi) is 5.05. The fraction of sp³-hybridized carbons (Fsp3) is 0.400. The summed E-state index contributed by atoms with van der Waals surface area (Å²) in [5, 5.41) is 6.53. The van der Waals surface area contributed by atoms with Gasteiger partial charge in [-0.05, 0) is 31.9 Å². The molecule has 0 spiro atoms. The number of aryl methyl sites for hydroxylation is 1. The lowest BCUT2D eigenvalue weighted by Gasteiger charge is -2.12. The van der Waals surface area contributed by atoms with E-state index in [1.54, 1.807) is 0 Å². The maximum atomic E-state index is 5.76. The molecule has 2 aromatic rings. The smallest absolute Gasteiger partial charge is 0.232 e.